The van der Waals surface area contributed by atoms with Crippen LogP contribution in [0.25, 0.3) is 0 Å². The van der Waals surface area contributed by atoms with Gasteiger partial charge in [-0.15, -0.1) is 0 Å². The van der Waals surface area contributed by atoms with Crippen molar-refractivity contribution in [1.82, 2.24) is 0 Å². The molecule has 1 heterocycles. The van der Waals surface area contributed by atoms with Gasteiger partial charge < -0.3 is 4.74 Å². The van der Waals surface area contributed by atoms with Crippen molar-refractivity contribution in [1.29, 1.82) is 0 Å². The second-order valence-electron chi connectivity index (χ2n) is 8.86. The van der Waals surface area contributed by atoms with Crippen molar-refractivity contribution in [2.24, 2.45) is 23.7 Å². The van der Waals surface area contributed by atoms with Gasteiger partial charge in [-0.25, -0.2) is 0 Å². The van der Waals surface area contributed by atoms with Gasteiger partial charge in [0.25, 0.3) is 0 Å². The maximum Gasteiger partial charge on any atom is 0.235 e. The first kappa shape index (κ1) is 19.2. The van der Waals surface area contributed by atoms with E-state index in [0.29, 0.717) is 5.92 Å². The minimum Gasteiger partial charge on any atom is -0.495 e. The maximum absolute atomic E-state index is 14.4. The number of rotatable bonds is 3. The van der Waals surface area contributed by atoms with Gasteiger partial charge in [-0.2, -0.15) is 0 Å². The van der Waals surface area contributed by atoms with Crippen LogP contribution in [0.5, 0.6) is 0 Å². The van der Waals surface area contributed by atoms with E-state index < -0.39 is 0 Å². The molecule has 0 bridgehead atoms. The molecule has 1 amide bonds. The monoisotopic (exact) mass is 399 g/mol. The van der Waals surface area contributed by atoms with Crippen molar-refractivity contribution in [2.45, 2.75) is 38.7 Å². The van der Waals surface area contributed by atoms with E-state index in [1.807, 2.05) is 65.6 Å². The molecule has 0 aromatic heterocycles. The molecule has 3 aliphatic rings. The first-order chi connectivity index (χ1) is 14.6. The molecule has 5 atom stereocenters. The van der Waals surface area contributed by atoms with Crippen molar-refractivity contribution < 1.29 is 9.53 Å². The third kappa shape index (κ3) is 3.17. The van der Waals surface area contributed by atoms with Gasteiger partial charge in [0.15, 0.2) is 0 Å². The molecule has 2 aromatic rings. The molecule has 3 nitrogen and oxygen atoms in total. The van der Waals surface area contributed by atoms with Gasteiger partial charge >= 0.3 is 0 Å². The zero-order valence-corrected chi connectivity index (χ0v) is 17.5. The van der Waals surface area contributed by atoms with E-state index in [4.69, 9.17) is 4.74 Å². The van der Waals surface area contributed by atoms with Gasteiger partial charge in [-0.1, -0.05) is 61.0 Å². The van der Waals surface area contributed by atoms with Crippen LogP contribution in [0.2, 0.25) is 0 Å². The highest BCUT2D eigenvalue weighted by molar-refractivity contribution is 6.02. The van der Waals surface area contributed by atoms with Crippen molar-refractivity contribution in [2.75, 3.05) is 4.90 Å². The molecule has 2 fully saturated rings. The van der Waals surface area contributed by atoms with E-state index in [0.717, 1.165) is 30.0 Å². The fourth-order valence-electron chi connectivity index (χ4n) is 5.85. The quantitative estimate of drug-likeness (QED) is 0.570. The summed E-state index contributed by atoms with van der Waals surface area (Å²) in [4.78, 5) is 16.3. The average Bonchev–Trinajstić information content (AvgIpc) is 3.07. The van der Waals surface area contributed by atoms with Crippen LogP contribution in [0.4, 0.5) is 11.4 Å². The van der Waals surface area contributed by atoms with Crippen molar-refractivity contribution in [3.05, 3.63) is 84.7 Å². The molecule has 1 saturated heterocycles. The zero-order chi connectivity index (χ0) is 20.7. The molecule has 0 N–H and O–H groups in total. The topological polar surface area (TPSA) is 29.5 Å². The average molecular weight is 400 g/mol. The molecule has 1 aliphatic heterocycles. The van der Waals surface area contributed by atoms with E-state index in [-0.39, 0.29) is 29.8 Å². The Hall–Kier alpha value is -2.81. The first-order valence-corrected chi connectivity index (χ1v) is 11.2. The molecule has 3 heteroatoms. The molecule has 1 saturated carbocycles. The lowest BCUT2D eigenvalue weighted by Crippen LogP contribution is -2.47. The number of allylic oxidation sites excluding steroid dienone is 2. The molecule has 0 unspecified atom stereocenters. The number of hydrogen-bond acceptors (Lipinski definition) is 2. The fourth-order valence-corrected chi connectivity index (χ4v) is 5.85. The van der Waals surface area contributed by atoms with Crippen LogP contribution in [0.1, 0.15) is 32.6 Å². The maximum atomic E-state index is 14.4. The standard InChI is InChI=1S/C27H29NO2/c1-18-24-17-20-11-9-10-16-23(20)26(25(24)19(2)30-18)27(29)28(21-12-5-3-6-13-21)22-14-7-4-8-15-22/h3-8,12-15,17,19,23-26H,1,9-11,16H2,2H3/t19-,23-,24+,25-,26+/m1/s1. The highest BCUT2D eigenvalue weighted by Crippen LogP contribution is 2.53. The number of fused-ring (bicyclic) bond motifs is 2. The van der Waals surface area contributed by atoms with Gasteiger partial charge in [0.1, 0.15) is 0 Å². The molecule has 5 rings (SSSR count). The largest absolute Gasteiger partial charge is 0.495 e. The lowest BCUT2D eigenvalue weighted by atomic mass is 9.62. The number of hydrogen-bond donors (Lipinski definition) is 0. The van der Waals surface area contributed by atoms with Crippen molar-refractivity contribution in [3.8, 4) is 0 Å². The third-order valence-electron chi connectivity index (χ3n) is 7.15. The SMILES string of the molecule is C=C1O[C@H](C)[C@H]2[C@@H](C(=O)N(c3ccccc3)c3ccccc3)[C@@H]3CCCCC3=C[C@@H]12. The summed E-state index contributed by atoms with van der Waals surface area (Å²) >= 11 is 0. The van der Waals surface area contributed by atoms with E-state index >= 15 is 0 Å². The number of carbonyl (C=O) groups is 1. The van der Waals surface area contributed by atoms with Crippen LogP contribution in [0, 0.1) is 23.7 Å². The van der Waals surface area contributed by atoms with Gasteiger partial charge in [0.05, 0.1) is 17.8 Å². The Morgan fingerprint density at radius 2 is 1.63 bits per heavy atom. The molecule has 154 valence electrons. The van der Waals surface area contributed by atoms with E-state index in [2.05, 4.69) is 19.6 Å². The number of nitrogens with zero attached hydrogens (tertiary/aromatic N) is 1. The summed E-state index contributed by atoms with van der Waals surface area (Å²) in [5.74, 6) is 1.51. The molecular formula is C27H29NO2. The van der Waals surface area contributed by atoms with Crippen LogP contribution in [-0.2, 0) is 9.53 Å². The van der Waals surface area contributed by atoms with E-state index in [1.165, 1.54) is 18.4 Å². The first-order valence-electron chi connectivity index (χ1n) is 11.2. The van der Waals surface area contributed by atoms with E-state index in [9.17, 15) is 4.79 Å². The number of carbonyl (C=O) groups excluding carboxylic acids is 1. The molecule has 2 aliphatic carbocycles. The summed E-state index contributed by atoms with van der Waals surface area (Å²) in [6.07, 6.45) is 6.97. The minimum atomic E-state index is -0.0926. The third-order valence-corrected chi connectivity index (χ3v) is 7.15. The second kappa shape index (κ2) is 7.79. The minimum absolute atomic E-state index is 0.00423. The fraction of sp³-hybridized carbons (Fsp3) is 0.370. The Labute approximate surface area is 179 Å². The molecule has 0 radical (unpaired) electrons. The lowest BCUT2D eigenvalue weighted by molar-refractivity contribution is -0.126. The van der Waals surface area contributed by atoms with E-state index in [1.54, 1.807) is 0 Å². The molecular weight excluding hydrogens is 370 g/mol. The van der Waals surface area contributed by atoms with Crippen LogP contribution in [0.3, 0.4) is 0 Å². The Kier molecular flexibility index (Phi) is 4.98. The summed E-state index contributed by atoms with van der Waals surface area (Å²) in [5.41, 5.74) is 3.28. The van der Waals surface area contributed by atoms with Crippen LogP contribution < -0.4 is 4.90 Å². The number of anilines is 2. The Balaban J connectivity index is 1.61. The summed E-state index contributed by atoms with van der Waals surface area (Å²) in [6.45, 7) is 6.29. The Morgan fingerprint density at radius 3 is 2.27 bits per heavy atom. The number of benzene rings is 2. The second-order valence-corrected chi connectivity index (χ2v) is 8.86. The number of ether oxygens (including phenoxy) is 1. The van der Waals surface area contributed by atoms with Crippen LogP contribution >= 0.6 is 0 Å². The highest BCUT2D eigenvalue weighted by atomic mass is 16.5. The molecule has 0 spiro atoms. The van der Waals surface area contributed by atoms with Crippen molar-refractivity contribution in [3.63, 3.8) is 0 Å². The van der Waals surface area contributed by atoms with Gasteiger partial charge in [-0.3, -0.25) is 9.69 Å². The lowest BCUT2D eigenvalue weighted by Gasteiger charge is -2.43. The smallest absolute Gasteiger partial charge is 0.235 e. The summed E-state index contributed by atoms with van der Waals surface area (Å²) in [5, 5.41) is 0. The Morgan fingerprint density at radius 1 is 1.00 bits per heavy atom. The normalized spacial score (nSPS) is 30.0. The summed E-state index contributed by atoms with van der Waals surface area (Å²) in [7, 11) is 0. The number of para-hydroxylation sites is 2. The molecule has 2 aromatic carbocycles. The van der Waals surface area contributed by atoms with Crippen LogP contribution in [0.15, 0.2) is 84.7 Å². The predicted octanol–water partition coefficient (Wildman–Crippen LogP) is 6.26. The highest BCUT2D eigenvalue weighted by Gasteiger charge is 2.52. The summed E-state index contributed by atoms with van der Waals surface area (Å²) < 4.78 is 6.08. The Bertz CT molecular complexity index is 925. The predicted molar refractivity (Wildman–Crippen MR) is 120 cm³/mol. The van der Waals surface area contributed by atoms with Crippen molar-refractivity contribution >= 4 is 17.3 Å². The van der Waals surface area contributed by atoms with Gasteiger partial charge in [0, 0.05) is 23.2 Å². The van der Waals surface area contributed by atoms with Crippen LogP contribution in [-0.4, -0.2) is 12.0 Å². The zero-order valence-electron chi connectivity index (χ0n) is 17.5. The van der Waals surface area contributed by atoms with Gasteiger partial charge in [-0.05, 0) is 56.4 Å². The number of amides is 1. The van der Waals surface area contributed by atoms with Gasteiger partial charge in [0.2, 0.25) is 5.91 Å². The molecule has 30 heavy (non-hydrogen) atoms. The summed E-state index contributed by atoms with van der Waals surface area (Å²) in [6, 6.07) is 20.1.